The van der Waals surface area contributed by atoms with E-state index in [0.29, 0.717) is 46.2 Å². The molecule has 2 amide bonds. The van der Waals surface area contributed by atoms with E-state index in [1.54, 1.807) is 42.3 Å². The van der Waals surface area contributed by atoms with Crippen LogP contribution in [0.3, 0.4) is 0 Å². The highest BCUT2D eigenvalue weighted by Gasteiger charge is 2.30. The van der Waals surface area contributed by atoms with E-state index in [0.717, 1.165) is 24.0 Å². The molecule has 0 aliphatic heterocycles. The lowest BCUT2D eigenvalue weighted by Crippen LogP contribution is -2.30. The Bertz CT molecular complexity index is 1410. The fourth-order valence-electron chi connectivity index (χ4n) is 4.11. The highest BCUT2D eigenvalue weighted by atomic mass is 35.5. The normalized spacial score (nSPS) is 13.2. The number of aromatic nitrogens is 4. The van der Waals surface area contributed by atoms with Gasteiger partial charge in [0.1, 0.15) is 5.82 Å². The minimum atomic E-state index is -0.428. The van der Waals surface area contributed by atoms with Crippen LogP contribution in [-0.2, 0) is 24.4 Å². The first-order valence-electron chi connectivity index (χ1n) is 11.3. The van der Waals surface area contributed by atoms with Crippen molar-refractivity contribution in [1.29, 1.82) is 0 Å². The second kappa shape index (κ2) is 9.50. The van der Waals surface area contributed by atoms with Gasteiger partial charge in [-0.25, -0.2) is 4.39 Å². The molecule has 1 aromatic carbocycles. The van der Waals surface area contributed by atoms with Crippen molar-refractivity contribution >= 4 is 34.3 Å². The summed E-state index contributed by atoms with van der Waals surface area (Å²) in [5.74, 6) is -0.719. The zero-order chi connectivity index (χ0) is 24.5. The Morgan fingerprint density at radius 2 is 2.06 bits per heavy atom. The van der Waals surface area contributed by atoms with Gasteiger partial charge in [0.25, 0.3) is 5.91 Å². The van der Waals surface area contributed by atoms with Crippen LogP contribution in [0.5, 0.6) is 0 Å². The largest absolute Gasteiger partial charge is 0.360 e. The van der Waals surface area contributed by atoms with E-state index in [1.807, 2.05) is 11.1 Å². The van der Waals surface area contributed by atoms with Crippen LogP contribution in [0.4, 0.5) is 4.39 Å². The molecule has 0 saturated heterocycles. The van der Waals surface area contributed by atoms with E-state index >= 15 is 0 Å². The minimum absolute atomic E-state index is 0.0164. The van der Waals surface area contributed by atoms with Gasteiger partial charge < -0.3 is 15.2 Å². The van der Waals surface area contributed by atoms with Gasteiger partial charge >= 0.3 is 0 Å². The van der Waals surface area contributed by atoms with Crippen LogP contribution in [0.15, 0.2) is 49.2 Å². The second-order valence-corrected chi connectivity index (χ2v) is 9.22. The summed E-state index contributed by atoms with van der Waals surface area (Å²) in [6.07, 6.45) is 10.5. The summed E-state index contributed by atoms with van der Waals surface area (Å²) in [4.78, 5) is 33.5. The Kier molecular flexibility index (Phi) is 6.25. The number of amides is 2. The fourth-order valence-corrected chi connectivity index (χ4v) is 4.32. The molecular weight excluding hydrogens is 471 g/mol. The molecule has 1 aliphatic carbocycles. The summed E-state index contributed by atoms with van der Waals surface area (Å²) < 4.78 is 16.2. The van der Waals surface area contributed by atoms with Gasteiger partial charge in [-0.05, 0) is 36.6 Å². The molecule has 8 nitrogen and oxygen atoms in total. The fraction of sp³-hybridized carbons (Fsp3) is 0.280. The van der Waals surface area contributed by atoms with Gasteiger partial charge in [0, 0.05) is 72.9 Å². The van der Waals surface area contributed by atoms with Gasteiger partial charge in [-0.15, -0.1) is 0 Å². The van der Waals surface area contributed by atoms with Gasteiger partial charge in [-0.2, -0.15) is 5.10 Å². The molecule has 180 valence electrons. The third-order valence-corrected chi connectivity index (χ3v) is 6.38. The molecule has 0 spiro atoms. The highest BCUT2D eigenvalue weighted by molar-refractivity contribution is 6.35. The predicted molar refractivity (Wildman–Crippen MR) is 129 cm³/mol. The number of carbonyl (C=O) groups is 2. The average molecular weight is 495 g/mol. The molecule has 1 aliphatic rings. The number of aromatic amines is 1. The zero-order valence-electron chi connectivity index (χ0n) is 19.1. The first-order chi connectivity index (χ1) is 16.9. The monoisotopic (exact) mass is 494 g/mol. The van der Waals surface area contributed by atoms with Crippen molar-refractivity contribution in [3.63, 3.8) is 0 Å². The Morgan fingerprint density at radius 1 is 1.23 bits per heavy atom. The number of hydrogen-bond donors (Lipinski definition) is 2. The number of hydrogen-bond acceptors (Lipinski definition) is 4. The third-order valence-electron chi connectivity index (χ3n) is 6.07. The van der Waals surface area contributed by atoms with Crippen molar-refractivity contribution in [1.82, 2.24) is 30.0 Å². The third kappa shape index (κ3) is 5.19. The van der Waals surface area contributed by atoms with Crippen molar-refractivity contribution < 1.29 is 14.0 Å². The Labute approximate surface area is 206 Å². The number of nitrogens with one attached hydrogen (secondary N) is 2. The van der Waals surface area contributed by atoms with Crippen LogP contribution in [0.1, 0.15) is 46.8 Å². The summed E-state index contributed by atoms with van der Waals surface area (Å²) >= 11 is 6.12. The molecular formula is C25H24ClFN6O2. The molecule has 4 aromatic rings. The van der Waals surface area contributed by atoms with Crippen LogP contribution in [0.2, 0.25) is 5.02 Å². The van der Waals surface area contributed by atoms with E-state index < -0.39 is 5.82 Å². The molecule has 10 heteroatoms. The Hall–Kier alpha value is -3.72. The second-order valence-electron chi connectivity index (χ2n) is 8.81. The smallest absolute Gasteiger partial charge is 0.253 e. The molecule has 5 rings (SSSR count). The van der Waals surface area contributed by atoms with Crippen LogP contribution >= 0.6 is 11.6 Å². The topological polar surface area (TPSA) is 95.9 Å². The molecule has 0 bridgehead atoms. The van der Waals surface area contributed by atoms with Gasteiger partial charge in [-0.3, -0.25) is 19.3 Å². The maximum Gasteiger partial charge on any atom is 0.253 e. The van der Waals surface area contributed by atoms with Crippen LogP contribution in [0.25, 0.3) is 10.9 Å². The summed E-state index contributed by atoms with van der Waals surface area (Å²) in [7, 11) is 0. The number of rotatable bonds is 8. The van der Waals surface area contributed by atoms with E-state index in [-0.39, 0.29) is 18.4 Å². The maximum atomic E-state index is 14.4. The average Bonchev–Trinajstić information content (AvgIpc) is 3.49. The number of halogens is 2. The van der Waals surface area contributed by atoms with Crippen molar-refractivity contribution in [2.24, 2.45) is 0 Å². The number of H-pyrrole nitrogens is 1. The van der Waals surface area contributed by atoms with Gasteiger partial charge in [0.2, 0.25) is 5.91 Å². The Morgan fingerprint density at radius 3 is 2.83 bits per heavy atom. The first-order valence-corrected chi connectivity index (χ1v) is 11.7. The van der Waals surface area contributed by atoms with Gasteiger partial charge in [-0.1, -0.05) is 11.6 Å². The molecule has 0 atom stereocenters. The molecule has 3 heterocycles. The number of fused-ring (bicyclic) bond motifs is 1. The SMILES string of the molecule is CC(=O)N(Cc1cnn(Cc2cncc(C(=O)NCc3cc4c(Cl)c[nH]c4cc3F)c2)c1)C1CC1. The van der Waals surface area contributed by atoms with Crippen LogP contribution in [0, 0.1) is 5.82 Å². The number of benzene rings is 1. The highest BCUT2D eigenvalue weighted by Crippen LogP contribution is 2.28. The van der Waals surface area contributed by atoms with Crippen LogP contribution in [-0.4, -0.2) is 42.5 Å². The predicted octanol–water partition coefficient (Wildman–Crippen LogP) is 4.04. The Balaban J connectivity index is 1.22. The lowest BCUT2D eigenvalue weighted by atomic mass is 10.1. The van der Waals surface area contributed by atoms with Crippen molar-refractivity contribution in [3.05, 3.63) is 82.3 Å². The quantitative estimate of drug-likeness (QED) is 0.386. The minimum Gasteiger partial charge on any atom is -0.360 e. The summed E-state index contributed by atoms with van der Waals surface area (Å²) in [6.45, 7) is 2.57. The molecule has 1 fully saturated rings. The summed E-state index contributed by atoms with van der Waals surface area (Å²) in [5.41, 5.74) is 3.06. The summed E-state index contributed by atoms with van der Waals surface area (Å²) in [5, 5.41) is 8.32. The van der Waals surface area contributed by atoms with E-state index in [2.05, 4.69) is 20.4 Å². The lowest BCUT2D eigenvalue weighted by molar-refractivity contribution is -0.130. The van der Waals surface area contributed by atoms with E-state index in [9.17, 15) is 14.0 Å². The maximum absolute atomic E-state index is 14.4. The zero-order valence-corrected chi connectivity index (χ0v) is 19.8. The van der Waals surface area contributed by atoms with Crippen molar-refractivity contribution in [2.75, 3.05) is 0 Å². The number of pyridine rings is 1. The molecule has 35 heavy (non-hydrogen) atoms. The molecule has 0 unspecified atom stereocenters. The first kappa shape index (κ1) is 23.0. The summed E-state index contributed by atoms with van der Waals surface area (Å²) in [6, 6.07) is 5.07. The molecule has 2 N–H and O–H groups in total. The van der Waals surface area contributed by atoms with E-state index in [1.165, 1.54) is 12.3 Å². The molecule has 0 radical (unpaired) electrons. The van der Waals surface area contributed by atoms with Crippen LogP contribution < -0.4 is 5.32 Å². The van der Waals surface area contributed by atoms with Gasteiger partial charge in [0.05, 0.1) is 23.3 Å². The van der Waals surface area contributed by atoms with E-state index in [4.69, 9.17) is 11.6 Å². The lowest BCUT2D eigenvalue weighted by Gasteiger charge is -2.19. The van der Waals surface area contributed by atoms with Gasteiger partial charge in [0.15, 0.2) is 0 Å². The molecule has 1 saturated carbocycles. The standard InChI is InChI=1S/C25H24ClFN6O2/c1-15(34)33(20-2-3-20)14-17-8-31-32(13-17)12-16-4-19(9-28-7-16)25(35)30-10-18-5-21-22(26)11-29-24(21)6-23(18)27/h4-9,11,13,20,29H,2-3,10,12,14H2,1H3,(H,30,35). The van der Waals surface area contributed by atoms with Crippen molar-refractivity contribution in [3.8, 4) is 0 Å². The number of carbonyl (C=O) groups excluding carboxylic acids is 2. The molecule has 3 aromatic heterocycles. The number of nitrogens with zero attached hydrogens (tertiary/aromatic N) is 4. The van der Waals surface area contributed by atoms with Crippen molar-refractivity contribution in [2.45, 2.75) is 45.4 Å².